The fourth-order valence-corrected chi connectivity index (χ4v) is 17.8. The predicted octanol–water partition coefficient (Wildman–Crippen LogP) is 16.5. The van der Waals surface area contributed by atoms with Gasteiger partial charge >= 0.3 is 42.9 Å². The van der Waals surface area contributed by atoms with Gasteiger partial charge in [-0.3, -0.25) is 0 Å². The molecule has 0 aliphatic carbocycles. The molecule has 4 aliphatic heterocycles. The Morgan fingerprint density at radius 3 is 0.778 bits per heavy atom. The minimum atomic E-state index is -2.84. The molecule has 4 aromatic rings. The zero-order valence-electron chi connectivity index (χ0n) is 62.1. The number of ether oxygens (including phenoxy) is 8. The Morgan fingerprint density at radius 2 is 0.586 bits per heavy atom. The molecular weight excluding hydrogens is 1470 g/mol. The summed E-state index contributed by atoms with van der Waals surface area (Å²) in [5, 5.41) is 0. The van der Waals surface area contributed by atoms with Gasteiger partial charge in [0, 0.05) is 62.6 Å². The van der Waals surface area contributed by atoms with Crippen LogP contribution in [0.15, 0.2) is 99.2 Å². The first-order chi connectivity index (χ1) is 47.9. The number of hydrogen-bond acceptors (Lipinski definition) is 16. The Labute approximate surface area is 605 Å². The number of aryl methyl sites for hydroxylation is 4. The molecule has 0 spiro atoms. The molecule has 0 saturated carbocycles. The molecule has 554 valence electrons. The van der Waals surface area contributed by atoms with Crippen molar-refractivity contribution in [3.8, 4) is 23.0 Å². The number of epoxide rings is 4. The summed E-state index contributed by atoms with van der Waals surface area (Å²) in [6.45, 7) is 50.6. The summed E-state index contributed by atoms with van der Waals surface area (Å²) in [6, 6.07) is 20.2. The second kappa shape index (κ2) is 42.8. The summed E-state index contributed by atoms with van der Waals surface area (Å²) in [7, 11) is -5.69. The summed E-state index contributed by atoms with van der Waals surface area (Å²) in [5.41, 5.74) is 14.0. The molecular formula is C80H120O16PtSi2. The number of rotatable bonds is 50. The molecule has 4 heterocycles. The van der Waals surface area contributed by atoms with Gasteiger partial charge in [-0.05, 0) is 185 Å². The van der Waals surface area contributed by atoms with E-state index in [2.05, 4.69) is 116 Å². The summed E-state index contributed by atoms with van der Waals surface area (Å²) in [4.78, 5) is 0. The van der Waals surface area contributed by atoms with Crippen molar-refractivity contribution in [2.75, 3.05) is 92.5 Å². The first-order valence-corrected chi connectivity index (χ1v) is 42.3. The number of hydrogen-bond donors (Lipinski definition) is 0. The summed E-state index contributed by atoms with van der Waals surface area (Å²) in [6.07, 6.45) is 21.2. The monoisotopic (exact) mass is 1590 g/mol. The zero-order chi connectivity index (χ0) is 71.9. The standard InChI is InChI=1S/C47H80O10Si2.C33H40O4.2O.Pt/c1-11-19-23-37-29-41(30-38(24-20-12-2)45(37)50-35-43-33-48-43)47(9,10)42-31-39(25-21-27-58(52-13-3,53-14-4)54-15-5)46(51-36-44-34-49-44)40(32-42)26-22-28-59(55-16-6,56-17-7)57-18-8;1-7-11-23-15-27(16-24(12-8-2)31(23)36-21-29-19-34-29)33(5,6)28-17-25(13-9-3)32(26(18-28)14-10-4)37-22-30-20-35-30;;;/h29-32,43-44H,11-28,33-36H2,1-10H3;7-10,15-18,29-30H,1-4,11-14,19-22H2,5-6H3;;;. The van der Waals surface area contributed by atoms with Gasteiger partial charge < -0.3 is 64.5 Å². The van der Waals surface area contributed by atoms with Gasteiger partial charge in [0.25, 0.3) is 0 Å². The van der Waals surface area contributed by atoms with Crippen molar-refractivity contribution in [3.05, 3.63) is 166 Å². The topological polar surface area (TPSA) is 177 Å². The molecule has 4 aromatic carbocycles. The van der Waals surface area contributed by atoms with Gasteiger partial charge in [-0.2, -0.15) is 0 Å². The molecule has 19 heteroatoms. The van der Waals surface area contributed by atoms with E-state index in [9.17, 15) is 0 Å². The quantitative estimate of drug-likeness (QED) is 0.0232. The third kappa shape index (κ3) is 25.9. The van der Waals surface area contributed by atoms with Gasteiger partial charge in [-0.1, -0.05) is 127 Å². The van der Waals surface area contributed by atoms with Crippen molar-refractivity contribution in [1.29, 1.82) is 0 Å². The van der Waals surface area contributed by atoms with Crippen LogP contribution >= 0.6 is 0 Å². The minimum absolute atomic E-state index is 0.130. The van der Waals surface area contributed by atoms with Crippen LogP contribution in [0.25, 0.3) is 0 Å². The second-order valence-electron chi connectivity index (χ2n) is 26.7. The van der Waals surface area contributed by atoms with E-state index >= 15 is 0 Å². The Kier molecular flexibility index (Phi) is 36.0. The van der Waals surface area contributed by atoms with E-state index in [0.717, 1.165) is 174 Å². The Bertz CT molecular complexity index is 2910. The molecule has 4 fully saturated rings. The van der Waals surface area contributed by atoms with Crippen LogP contribution in [0.4, 0.5) is 0 Å². The molecule has 4 saturated heterocycles. The predicted molar refractivity (Wildman–Crippen MR) is 393 cm³/mol. The van der Waals surface area contributed by atoms with Gasteiger partial charge in [-0.25, -0.2) is 0 Å². The SMILES string of the molecule is C=CCc1cc(C(C)(C)c2cc(CC=C)c(OCC3CO3)c(CC=C)c2)cc(CC=C)c1OCC1CO1.CCCCc1cc(C(C)(C)c2cc(CCC[Si](OCC)(OCC)OCC)c(OCC3CO3)c(CCC[Si](OCC)(OCC)OCC)c2)cc(CCCC)c1OCC1CO1.[O]=[Pt]=[O]. The Morgan fingerprint density at radius 1 is 0.384 bits per heavy atom. The van der Waals surface area contributed by atoms with E-state index in [1.807, 2.05) is 65.8 Å². The van der Waals surface area contributed by atoms with Crippen LogP contribution in [0, 0.1) is 0 Å². The van der Waals surface area contributed by atoms with Crippen LogP contribution in [0.1, 0.15) is 188 Å². The van der Waals surface area contributed by atoms with Crippen molar-refractivity contribution in [2.24, 2.45) is 0 Å². The summed E-state index contributed by atoms with van der Waals surface area (Å²) in [5.74, 6) is 3.90. The van der Waals surface area contributed by atoms with E-state index in [0.29, 0.717) is 66.1 Å². The van der Waals surface area contributed by atoms with Crippen molar-refractivity contribution in [1.82, 2.24) is 0 Å². The van der Waals surface area contributed by atoms with Crippen LogP contribution in [-0.4, -0.2) is 135 Å². The van der Waals surface area contributed by atoms with Gasteiger partial charge in [0.05, 0.1) is 26.4 Å². The second-order valence-corrected chi connectivity index (χ2v) is 32.6. The first kappa shape index (κ1) is 83.3. The number of benzene rings is 4. The van der Waals surface area contributed by atoms with E-state index in [1.165, 1.54) is 44.5 Å². The maximum absolute atomic E-state index is 8.49. The maximum atomic E-state index is 8.49. The van der Waals surface area contributed by atoms with E-state index in [4.69, 9.17) is 71.2 Å². The molecule has 0 bridgehead atoms. The van der Waals surface area contributed by atoms with Crippen LogP contribution in [0.3, 0.4) is 0 Å². The molecule has 8 rings (SSSR count). The number of allylic oxidation sites excluding steroid dienone is 4. The fraction of sp³-hybridized carbons (Fsp3) is 0.600. The zero-order valence-corrected chi connectivity index (χ0v) is 66.4. The van der Waals surface area contributed by atoms with E-state index < -0.39 is 36.1 Å². The van der Waals surface area contributed by atoms with Gasteiger partial charge in [0.1, 0.15) is 73.8 Å². The third-order valence-electron chi connectivity index (χ3n) is 18.2. The summed E-state index contributed by atoms with van der Waals surface area (Å²) >= 11 is -1.92. The third-order valence-corrected chi connectivity index (χ3v) is 24.5. The Hall–Kier alpha value is -4.64. The molecule has 0 radical (unpaired) electrons. The molecule has 0 N–H and O–H groups in total. The molecule has 4 atom stereocenters. The van der Waals surface area contributed by atoms with Crippen LogP contribution in [0.2, 0.25) is 12.1 Å². The molecule has 4 unspecified atom stereocenters. The molecule has 99 heavy (non-hydrogen) atoms. The fourth-order valence-electron chi connectivity index (χ4n) is 12.6. The van der Waals surface area contributed by atoms with Gasteiger partial charge in [0.15, 0.2) is 0 Å². The van der Waals surface area contributed by atoms with Crippen LogP contribution in [0.5, 0.6) is 23.0 Å². The molecule has 0 amide bonds. The van der Waals surface area contributed by atoms with Crippen LogP contribution in [-0.2, 0) is 133 Å². The van der Waals surface area contributed by atoms with Gasteiger partial charge in [0.2, 0.25) is 0 Å². The van der Waals surface area contributed by atoms with Crippen molar-refractivity contribution < 1.29 is 89.7 Å². The molecule has 16 nitrogen and oxygen atoms in total. The average Bonchev–Trinajstić information content (AvgIpc) is 1.61. The van der Waals surface area contributed by atoms with E-state index in [1.54, 1.807) is 0 Å². The van der Waals surface area contributed by atoms with Gasteiger partial charge in [-0.15, -0.1) is 26.3 Å². The summed E-state index contributed by atoms with van der Waals surface area (Å²) < 4.78 is 103. The molecule has 4 aliphatic rings. The Balaban J connectivity index is 0.000000329. The average molecular weight is 1590 g/mol. The normalized spacial score (nSPS) is 17.0. The number of unbranched alkanes of at least 4 members (excludes halogenated alkanes) is 2. The van der Waals surface area contributed by atoms with E-state index in [-0.39, 0.29) is 35.2 Å². The van der Waals surface area contributed by atoms with Crippen molar-refractivity contribution in [2.45, 2.75) is 220 Å². The van der Waals surface area contributed by atoms with Crippen molar-refractivity contribution in [3.63, 3.8) is 0 Å². The molecule has 0 aromatic heterocycles. The van der Waals surface area contributed by atoms with Crippen LogP contribution < -0.4 is 18.9 Å². The van der Waals surface area contributed by atoms with Crippen molar-refractivity contribution >= 4 is 17.6 Å². The first-order valence-electron chi connectivity index (χ1n) is 36.6.